The van der Waals surface area contributed by atoms with E-state index >= 15 is 0 Å². The normalized spacial score (nSPS) is 52.4. The maximum absolute atomic E-state index is 11.1. The molecule has 2 aliphatic rings. The Hall–Kier alpha value is -0.370. The molecule has 0 saturated heterocycles. The lowest BCUT2D eigenvalue weighted by Crippen LogP contribution is -2.58. The van der Waals surface area contributed by atoms with Crippen molar-refractivity contribution >= 4 is 5.78 Å². The van der Waals surface area contributed by atoms with Crippen molar-refractivity contribution in [3.8, 4) is 0 Å². The fourth-order valence-electron chi connectivity index (χ4n) is 2.37. The molecule has 0 aromatic rings. The zero-order chi connectivity index (χ0) is 7.35. The molecule has 2 heteroatoms. The van der Waals surface area contributed by atoms with Crippen LogP contribution in [-0.4, -0.2) is 16.5 Å². The van der Waals surface area contributed by atoms with Gasteiger partial charge >= 0.3 is 0 Å². The summed E-state index contributed by atoms with van der Waals surface area (Å²) in [4.78, 5) is 11.1. The molecular weight excluding hydrogens is 128 g/mol. The van der Waals surface area contributed by atoms with E-state index in [1.807, 2.05) is 6.92 Å². The Kier molecular flexibility index (Phi) is 1.03. The van der Waals surface area contributed by atoms with Crippen LogP contribution in [0.4, 0.5) is 0 Å². The second-order valence-corrected chi connectivity index (χ2v) is 3.56. The molecule has 0 radical (unpaired) electrons. The Morgan fingerprint density at radius 2 is 2.40 bits per heavy atom. The van der Waals surface area contributed by atoms with Crippen LogP contribution in [0.3, 0.4) is 0 Å². The van der Waals surface area contributed by atoms with Crippen molar-refractivity contribution in [2.75, 3.05) is 0 Å². The summed E-state index contributed by atoms with van der Waals surface area (Å²) in [6, 6.07) is 0. The number of rotatable bonds is 0. The predicted octanol–water partition coefficient (Wildman–Crippen LogP) is 0.736. The molecule has 3 atom stereocenters. The van der Waals surface area contributed by atoms with Gasteiger partial charge in [-0.3, -0.25) is 4.79 Å². The number of carbonyl (C=O) groups excluding carboxylic acids is 1. The molecule has 0 heterocycles. The molecule has 0 aliphatic heterocycles. The van der Waals surface area contributed by atoms with Crippen LogP contribution in [0, 0.1) is 11.8 Å². The van der Waals surface area contributed by atoms with Crippen molar-refractivity contribution in [3.63, 3.8) is 0 Å². The largest absolute Gasteiger partial charge is 0.388 e. The molecule has 0 aromatic heterocycles. The van der Waals surface area contributed by atoms with Crippen LogP contribution < -0.4 is 0 Å². The molecule has 2 aliphatic carbocycles. The number of fused-ring (bicyclic) bond motifs is 1. The molecule has 2 nitrogen and oxygen atoms in total. The Bertz CT molecular complexity index is 188. The van der Waals surface area contributed by atoms with Crippen molar-refractivity contribution in [1.82, 2.24) is 0 Å². The number of hydrogen-bond donors (Lipinski definition) is 1. The minimum absolute atomic E-state index is 0.00231. The van der Waals surface area contributed by atoms with E-state index in [9.17, 15) is 9.90 Å². The Morgan fingerprint density at radius 1 is 1.70 bits per heavy atom. The predicted molar refractivity (Wildman–Crippen MR) is 36.5 cm³/mol. The fourth-order valence-corrected chi connectivity index (χ4v) is 2.37. The second kappa shape index (κ2) is 1.62. The zero-order valence-corrected chi connectivity index (χ0v) is 6.13. The number of hydrogen-bond acceptors (Lipinski definition) is 2. The number of carbonyl (C=O) groups is 1. The fraction of sp³-hybridized carbons (Fsp3) is 0.875. The molecule has 56 valence electrons. The molecule has 10 heavy (non-hydrogen) atoms. The standard InChI is InChI=1S/C8H12O2/c1-5-7(9)6-3-2-4-8(5,6)10/h5-6,10H,2-4H2,1H3/t5-,6+,8+/m0/s1. The van der Waals surface area contributed by atoms with Crippen molar-refractivity contribution in [2.24, 2.45) is 11.8 Å². The Balaban J connectivity index is 2.26. The maximum atomic E-state index is 11.1. The van der Waals surface area contributed by atoms with Gasteiger partial charge in [-0.15, -0.1) is 0 Å². The molecule has 0 unspecified atom stereocenters. The molecule has 0 aromatic carbocycles. The van der Waals surface area contributed by atoms with Crippen molar-refractivity contribution in [1.29, 1.82) is 0 Å². The average molecular weight is 140 g/mol. The summed E-state index contributed by atoms with van der Waals surface area (Å²) in [7, 11) is 0. The van der Waals surface area contributed by atoms with Gasteiger partial charge in [-0.2, -0.15) is 0 Å². The quantitative estimate of drug-likeness (QED) is 0.538. The summed E-state index contributed by atoms with van der Waals surface area (Å²) < 4.78 is 0. The topological polar surface area (TPSA) is 37.3 Å². The summed E-state index contributed by atoms with van der Waals surface area (Å²) in [5.41, 5.74) is -0.586. The maximum Gasteiger partial charge on any atom is 0.144 e. The van der Waals surface area contributed by atoms with Crippen LogP contribution in [0.2, 0.25) is 0 Å². The Labute approximate surface area is 60.2 Å². The van der Waals surface area contributed by atoms with Crippen LogP contribution >= 0.6 is 0 Å². The third-order valence-corrected chi connectivity index (χ3v) is 3.19. The van der Waals surface area contributed by atoms with Crippen LogP contribution in [0.15, 0.2) is 0 Å². The molecule has 0 amide bonds. The Morgan fingerprint density at radius 3 is 3.00 bits per heavy atom. The summed E-state index contributed by atoms with van der Waals surface area (Å²) in [5, 5.41) is 9.77. The molecule has 0 spiro atoms. The molecule has 2 rings (SSSR count). The van der Waals surface area contributed by atoms with Gasteiger partial charge < -0.3 is 5.11 Å². The van der Waals surface area contributed by atoms with E-state index in [0.29, 0.717) is 0 Å². The van der Waals surface area contributed by atoms with Gasteiger partial charge in [-0.25, -0.2) is 0 Å². The lowest BCUT2D eigenvalue weighted by molar-refractivity contribution is -0.168. The number of ketones is 1. The van der Waals surface area contributed by atoms with Gasteiger partial charge in [0, 0.05) is 11.8 Å². The van der Waals surface area contributed by atoms with E-state index in [1.165, 1.54) is 0 Å². The minimum atomic E-state index is -0.586. The first-order valence-electron chi connectivity index (χ1n) is 3.92. The minimum Gasteiger partial charge on any atom is -0.388 e. The van der Waals surface area contributed by atoms with Gasteiger partial charge in [0.25, 0.3) is 0 Å². The van der Waals surface area contributed by atoms with E-state index in [0.717, 1.165) is 19.3 Å². The first-order chi connectivity index (χ1) is 4.66. The first-order valence-corrected chi connectivity index (χ1v) is 3.92. The summed E-state index contributed by atoms with van der Waals surface area (Å²) in [5.74, 6) is 0.197. The number of aliphatic hydroxyl groups is 1. The van der Waals surface area contributed by atoms with Crippen LogP contribution in [0.1, 0.15) is 26.2 Å². The zero-order valence-electron chi connectivity index (χ0n) is 6.13. The molecule has 2 saturated carbocycles. The van der Waals surface area contributed by atoms with Crippen LogP contribution in [-0.2, 0) is 4.79 Å². The highest BCUT2D eigenvalue weighted by atomic mass is 16.3. The second-order valence-electron chi connectivity index (χ2n) is 3.56. The van der Waals surface area contributed by atoms with Gasteiger partial charge in [-0.05, 0) is 19.3 Å². The van der Waals surface area contributed by atoms with E-state index in [1.54, 1.807) is 0 Å². The SMILES string of the molecule is C[C@H]1C(=O)[C@H]2CCC[C@]21O. The van der Waals surface area contributed by atoms with Crippen LogP contribution in [0.25, 0.3) is 0 Å². The molecule has 1 N–H and O–H groups in total. The molecule has 2 fully saturated rings. The smallest absolute Gasteiger partial charge is 0.144 e. The third kappa shape index (κ3) is 0.473. The molecular formula is C8H12O2. The van der Waals surface area contributed by atoms with Gasteiger partial charge in [0.1, 0.15) is 5.78 Å². The van der Waals surface area contributed by atoms with Gasteiger partial charge in [-0.1, -0.05) is 6.92 Å². The first kappa shape index (κ1) is 6.35. The summed E-state index contributed by atoms with van der Waals surface area (Å²) in [6.07, 6.45) is 2.78. The van der Waals surface area contributed by atoms with Gasteiger partial charge in [0.05, 0.1) is 5.60 Å². The molecule has 0 bridgehead atoms. The van der Waals surface area contributed by atoms with Gasteiger partial charge in [0.2, 0.25) is 0 Å². The third-order valence-electron chi connectivity index (χ3n) is 3.19. The lowest BCUT2D eigenvalue weighted by atomic mass is 9.62. The van der Waals surface area contributed by atoms with E-state index in [-0.39, 0.29) is 17.6 Å². The van der Waals surface area contributed by atoms with E-state index in [2.05, 4.69) is 0 Å². The highest BCUT2D eigenvalue weighted by molar-refractivity contribution is 5.92. The monoisotopic (exact) mass is 140 g/mol. The summed E-state index contributed by atoms with van der Waals surface area (Å²) >= 11 is 0. The van der Waals surface area contributed by atoms with Crippen molar-refractivity contribution < 1.29 is 9.90 Å². The van der Waals surface area contributed by atoms with Crippen molar-refractivity contribution in [3.05, 3.63) is 0 Å². The van der Waals surface area contributed by atoms with Crippen LogP contribution in [0.5, 0.6) is 0 Å². The number of Topliss-reactive ketones (excluding diaryl/α,β-unsaturated/α-hetero) is 1. The van der Waals surface area contributed by atoms with Gasteiger partial charge in [0.15, 0.2) is 0 Å². The highest BCUT2D eigenvalue weighted by Crippen LogP contribution is 2.51. The van der Waals surface area contributed by atoms with Crippen molar-refractivity contribution in [2.45, 2.75) is 31.8 Å². The lowest BCUT2D eigenvalue weighted by Gasteiger charge is -2.45. The summed E-state index contributed by atoms with van der Waals surface area (Å²) in [6.45, 7) is 1.84. The van der Waals surface area contributed by atoms with E-state index in [4.69, 9.17) is 0 Å². The average Bonchev–Trinajstić information content (AvgIpc) is 2.28. The van der Waals surface area contributed by atoms with E-state index < -0.39 is 5.60 Å². The highest BCUT2D eigenvalue weighted by Gasteiger charge is 2.60.